The van der Waals surface area contributed by atoms with Gasteiger partial charge in [0, 0.05) is 10.9 Å². The first-order chi connectivity index (χ1) is 13.8. The molecular weight excluding hydrogens is 397 g/mol. The molecule has 0 saturated carbocycles. The minimum Gasteiger partial charge on any atom is -0.506 e. The van der Waals surface area contributed by atoms with Gasteiger partial charge in [-0.25, -0.2) is 4.39 Å². The van der Waals surface area contributed by atoms with Crippen molar-refractivity contribution in [2.45, 2.75) is 25.8 Å². The van der Waals surface area contributed by atoms with Crippen LogP contribution in [0.3, 0.4) is 0 Å². The number of carbonyl (C=O) groups is 2. The fourth-order valence-corrected chi connectivity index (χ4v) is 3.52. The third-order valence-corrected chi connectivity index (χ3v) is 5.41. The van der Waals surface area contributed by atoms with Crippen molar-refractivity contribution in [1.82, 2.24) is 4.90 Å². The molecule has 1 atom stereocenters. The van der Waals surface area contributed by atoms with E-state index in [2.05, 4.69) is 10.6 Å². The van der Waals surface area contributed by atoms with Crippen LogP contribution >= 0.6 is 11.6 Å². The number of halogens is 2. The van der Waals surface area contributed by atoms with Crippen molar-refractivity contribution in [2.75, 3.05) is 23.7 Å². The van der Waals surface area contributed by atoms with Gasteiger partial charge in [-0.05, 0) is 63.2 Å². The van der Waals surface area contributed by atoms with Crippen molar-refractivity contribution >= 4 is 34.8 Å². The van der Waals surface area contributed by atoms with Crippen molar-refractivity contribution < 1.29 is 19.1 Å². The van der Waals surface area contributed by atoms with Crippen LogP contribution in [0.4, 0.5) is 15.8 Å². The van der Waals surface area contributed by atoms with E-state index in [1.165, 1.54) is 18.2 Å². The zero-order valence-electron chi connectivity index (χ0n) is 16.0. The summed E-state index contributed by atoms with van der Waals surface area (Å²) in [6, 6.07) is 10.2. The highest BCUT2D eigenvalue weighted by Gasteiger charge is 2.30. The number of amides is 2. The molecule has 1 heterocycles. The highest BCUT2D eigenvalue weighted by molar-refractivity contribution is 6.30. The SMILES string of the molecule is CC(C(=O)Nc1ccc(Cl)cc1F)N1CCC(C(=O)Nc2ccccc2O)CC1. The summed E-state index contributed by atoms with van der Waals surface area (Å²) in [6.45, 7) is 2.89. The van der Waals surface area contributed by atoms with E-state index < -0.39 is 11.9 Å². The third kappa shape index (κ3) is 5.25. The van der Waals surface area contributed by atoms with Crippen LogP contribution in [0.2, 0.25) is 5.02 Å². The second-order valence-corrected chi connectivity index (χ2v) is 7.54. The van der Waals surface area contributed by atoms with Gasteiger partial charge in [-0.3, -0.25) is 14.5 Å². The van der Waals surface area contributed by atoms with Gasteiger partial charge in [-0.2, -0.15) is 0 Å². The van der Waals surface area contributed by atoms with E-state index in [9.17, 15) is 19.1 Å². The predicted molar refractivity (Wildman–Crippen MR) is 111 cm³/mol. The average molecular weight is 420 g/mol. The average Bonchev–Trinajstić information content (AvgIpc) is 2.71. The largest absolute Gasteiger partial charge is 0.506 e. The zero-order valence-corrected chi connectivity index (χ0v) is 16.7. The van der Waals surface area contributed by atoms with E-state index in [0.717, 1.165) is 6.07 Å². The minimum atomic E-state index is -0.586. The second kappa shape index (κ2) is 9.24. The highest BCUT2D eigenvalue weighted by Crippen LogP contribution is 2.26. The Bertz CT molecular complexity index is 900. The number of hydrogen-bond acceptors (Lipinski definition) is 4. The van der Waals surface area contributed by atoms with Crippen molar-refractivity contribution in [2.24, 2.45) is 5.92 Å². The number of rotatable bonds is 5. The number of phenols is 1. The molecule has 29 heavy (non-hydrogen) atoms. The Morgan fingerprint density at radius 2 is 1.83 bits per heavy atom. The van der Waals surface area contributed by atoms with Crippen molar-refractivity contribution in [1.29, 1.82) is 0 Å². The molecule has 0 spiro atoms. The number of nitrogens with one attached hydrogen (secondary N) is 2. The number of phenolic OH excluding ortho intramolecular Hbond substituents is 1. The molecule has 6 nitrogen and oxygen atoms in total. The molecule has 2 amide bonds. The summed E-state index contributed by atoms with van der Waals surface area (Å²) in [5, 5.41) is 15.4. The molecule has 8 heteroatoms. The molecular formula is C21H23ClFN3O3. The van der Waals surface area contributed by atoms with Crippen LogP contribution in [0.15, 0.2) is 42.5 Å². The number of benzene rings is 2. The van der Waals surface area contributed by atoms with Gasteiger partial charge in [0.1, 0.15) is 11.6 Å². The van der Waals surface area contributed by atoms with Crippen LogP contribution in [-0.2, 0) is 9.59 Å². The Kier molecular flexibility index (Phi) is 6.71. The van der Waals surface area contributed by atoms with Gasteiger partial charge in [0.2, 0.25) is 11.8 Å². The fourth-order valence-electron chi connectivity index (χ4n) is 3.36. The number of piperidine rings is 1. The summed E-state index contributed by atoms with van der Waals surface area (Å²) >= 11 is 5.73. The van der Waals surface area contributed by atoms with E-state index in [-0.39, 0.29) is 34.2 Å². The Morgan fingerprint density at radius 3 is 2.48 bits per heavy atom. The maximum atomic E-state index is 13.9. The summed E-state index contributed by atoms with van der Waals surface area (Å²) in [7, 11) is 0. The normalized spacial score (nSPS) is 16.2. The molecule has 0 aromatic heterocycles. The van der Waals surface area contributed by atoms with Gasteiger partial charge in [0.25, 0.3) is 0 Å². The number of aromatic hydroxyl groups is 1. The van der Waals surface area contributed by atoms with E-state index >= 15 is 0 Å². The number of carbonyl (C=O) groups excluding carboxylic acids is 2. The van der Waals surface area contributed by atoms with Crippen LogP contribution in [-0.4, -0.2) is 41.0 Å². The lowest BCUT2D eigenvalue weighted by molar-refractivity contribution is -0.123. The summed E-state index contributed by atoms with van der Waals surface area (Å²) in [5.41, 5.74) is 0.473. The number of likely N-dealkylation sites (tertiary alicyclic amines) is 1. The van der Waals surface area contributed by atoms with Crippen LogP contribution in [0.25, 0.3) is 0 Å². The molecule has 1 unspecified atom stereocenters. The number of nitrogens with zero attached hydrogens (tertiary/aromatic N) is 1. The molecule has 2 aromatic carbocycles. The standard InChI is InChI=1S/C21H23ClFN3O3/c1-13(20(28)24-17-7-6-15(22)12-16(17)23)26-10-8-14(9-11-26)21(29)25-18-4-2-3-5-19(18)27/h2-7,12-14,27H,8-11H2,1H3,(H,24,28)(H,25,29). The zero-order chi connectivity index (χ0) is 21.0. The summed E-state index contributed by atoms with van der Waals surface area (Å²) in [5.74, 6) is -1.22. The Labute approximate surface area is 173 Å². The molecule has 1 saturated heterocycles. The Hall–Kier alpha value is -2.64. The Balaban J connectivity index is 1.52. The number of hydrogen-bond donors (Lipinski definition) is 3. The van der Waals surface area contributed by atoms with Gasteiger partial charge in [-0.1, -0.05) is 23.7 Å². The third-order valence-electron chi connectivity index (χ3n) is 5.18. The molecule has 1 aliphatic rings. The summed E-state index contributed by atoms with van der Waals surface area (Å²) in [4.78, 5) is 26.9. The van der Waals surface area contributed by atoms with Crippen molar-refractivity contribution in [3.05, 3.63) is 53.3 Å². The lowest BCUT2D eigenvalue weighted by Crippen LogP contribution is -2.47. The van der Waals surface area contributed by atoms with Crippen LogP contribution in [0.1, 0.15) is 19.8 Å². The molecule has 0 bridgehead atoms. The fraction of sp³-hybridized carbons (Fsp3) is 0.333. The van der Waals surface area contributed by atoms with E-state index in [1.807, 2.05) is 4.90 Å². The first-order valence-corrected chi connectivity index (χ1v) is 9.82. The maximum absolute atomic E-state index is 13.9. The summed E-state index contributed by atoms with van der Waals surface area (Å²) < 4.78 is 13.9. The molecule has 3 N–H and O–H groups in total. The lowest BCUT2D eigenvalue weighted by atomic mass is 9.94. The quantitative estimate of drug-likeness (QED) is 0.643. The monoisotopic (exact) mass is 419 g/mol. The number of para-hydroxylation sites is 2. The second-order valence-electron chi connectivity index (χ2n) is 7.11. The molecule has 3 rings (SSSR count). The van der Waals surface area contributed by atoms with Gasteiger partial charge in [0.05, 0.1) is 17.4 Å². The van der Waals surface area contributed by atoms with Crippen LogP contribution < -0.4 is 10.6 Å². The van der Waals surface area contributed by atoms with E-state index in [0.29, 0.717) is 31.6 Å². The van der Waals surface area contributed by atoms with Gasteiger partial charge >= 0.3 is 0 Å². The van der Waals surface area contributed by atoms with Gasteiger partial charge < -0.3 is 15.7 Å². The highest BCUT2D eigenvalue weighted by atomic mass is 35.5. The first kappa shape index (κ1) is 21.1. The molecule has 154 valence electrons. The van der Waals surface area contributed by atoms with E-state index in [1.54, 1.807) is 25.1 Å². The minimum absolute atomic E-state index is 0.0259. The smallest absolute Gasteiger partial charge is 0.241 e. The molecule has 1 fully saturated rings. The molecule has 2 aromatic rings. The van der Waals surface area contributed by atoms with Gasteiger partial charge in [0.15, 0.2) is 0 Å². The topological polar surface area (TPSA) is 81.7 Å². The molecule has 1 aliphatic heterocycles. The Morgan fingerprint density at radius 1 is 1.14 bits per heavy atom. The number of anilines is 2. The summed E-state index contributed by atoms with van der Waals surface area (Å²) in [6.07, 6.45) is 1.18. The van der Waals surface area contributed by atoms with E-state index in [4.69, 9.17) is 11.6 Å². The molecule has 0 aliphatic carbocycles. The molecule has 0 radical (unpaired) electrons. The maximum Gasteiger partial charge on any atom is 0.241 e. The van der Waals surface area contributed by atoms with Gasteiger partial charge in [-0.15, -0.1) is 0 Å². The van der Waals surface area contributed by atoms with Crippen LogP contribution in [0.5, 0.6) is 5.75 Å². The first-order valence-electron chi connectivity index (χ1n) is 9.44. The van der Waals surface area contributed by atoms with Crippen LogP contribution in [0, 0.1) is 11.7 Å². The van der Waals surface area contributed by atoms with Crippen molar-refractivity contribution in [3.8, 4) is 5.75 Å². The lowest BCUT2D eigenvalue weighted by Gasteiger charge is -2.34. The predicted octanol–water partition coefficient (Wildman–Crippen LogP) is 3.86. The van der Waals surface area contributed by atoms with Crippen molar-refractivity contribution in [3.63, 3.8) is 0 Å².